The Morgan fingerprint density at radius 2 is 1.84 bits per heavy atom. The molecule has 0 unspecified atom stereocenters. The summed E-state index contributed by atoms with van der Waals surface area (Å²) in [5.74, 6) is 0.194. The molecule has 2 rings (SSSR count). The summed E-state index contributed by atoms with van der Waals surface area (Å²) in [6, 6.07) is 11.4. The third-order valence-electron chi connectivity index (χ3n) is 3.31. The van der Waals surface area contributed by atoms with Crippen LogP contribution in [0.4, 0.5) is 0 Å². The Kier molecular flexibility index (Phi) is 6.58. The summed E-state index contributed by atoms with van der Waals surface area (Å²) in [7, 11) is 0. The second-order valence-electron chi connectivity index (χ2n) is 5.69. The first-order valence-electron chi connectivity index (χ1n) is 8.18. The fourth-order valence-electron chi connectivity index (χ4n) is 2.10. The average Bonchev–Trinajstić information content (AvgIpc) is 3.11. The molecular formula is C19H23NO4S. The van der Waals surface area contributed by atoms with E-state index < -0.39 is 11.6 Å². The van der Waals surface area contributed by atoms with Crippen LogP contribution in [0.2, 0.25) is 0 Å². The van der Waals surface area contributed by atoms with Gasteiger partial charge in [-0.15, -0.1) is 11.3 Å². The second-order valence-corrected chi connectivity index (χ2v) is 6.64. The molecule has 25 heavy (non-hydrogen) atoms. The Bertz CT molecular complexity index is 706. The zero-order valence-corrected chi connectivity index (χ0v) is 15.8. The van der Waals surface area contributed by atoms with E-state index >= 15 is 0 Å². The molecule has 0 saturated carbocycles. The minimum absolute atomic E-state index is 0.322. The maximum Gasteiger partial charge on any atom is 0.349 e. The minimum Gasteiger partial charge on any atom is -0.476 e. The van der Waals surface area contributed by atoms with Gasteiger partial charge in [-0.05, 0) is 63.4 Å². The van der Waals surface area contributed by atoms with Gasteiger partial charge in [-0.1, -0.05) is 11.2 Å². The number of nitrogens with zero attached hydrogens (tertiary/aromatic N) is 1. The SMILES string of the molecule is CCON=C(c1ccc(OC(C)(C)C(=O)OCC)cc1)c1cccs1. The lowest BCUT2D eigenvalue weighted by Crippen LogP contribution is -2.39. The van der Waals surface area contributed by atoms with Crippen LogP contribution in [0.25, 0.3) is 0 Å². The van der Waals surface area contributed by atoms with E-state index in [-0.39, 0.29) is 0 Å². The summed E-state index contributed by atoms with van der Waals surface area (Å²) in [6.07, 6.45) is 0. The molecule has 6 heteroatoms. The van der Waals surface area contributed by atoms with E-state index in [1.165, 1.54) is 0 Å². The topological polar surface area (TPSA) is 57.1 Å². The first kappa shape index (κ1) is 19.0. The van der Waals surface area contributed by atoms with Crippen LogP contribution >= 0.6 is 11.3 Å². The third kappa shape index (κ3) is 5.06. The number of hydrogen-bond donors (Lipinski definition) is 0. The Morgan fingerprint density at radius 3 is 2.40 bits per heavy atom. The Hall–Kier alpha value is -2.34. The lowest BCUT2D eigenvalue weighted by molar-refractivity contribution is -0.158. The Balaban J connectivity index is 2.19. The van der Waals surface area contributed by atoms with Crippen LogP contribution in [0.5, 0.6) is 5.75 Å². The van der Waals surface area contributed by atoms with Gasteiger partial charge in [0.1, 0.15) is 18.1 Å². The highest BCUT2D eigenvalue weighted by Crippen LogP contribution is 2.23. The van der Waals surface area contributed by atoms with E-state index in [0.29, 0.717) is 19.0 Å². The van der Waals surface area contributed by atoms with Crippen molar-refractivity contribution in [3.8, 4) is 5.75 Å². The highest BCUT2D eigenvalue weighted by molar-refractivity contribution is 7.12. The maximum atomic E-state index is 11.9. The van der Waals surface area contributed by atoms with Gasteiger partial charge in [-0.3, -0.25) is 0 Å². The number of oxime groups is 1. The number of carbonyl (C=O) groups excluding carboxylic acids is 1. The van der Waals surface area contributed by atoms with Crippen molar-refractivity contribution in [2.45, 2.75) is 33.3 Å². The molecule has 0 atom stereocenters. The van der Waals surface area contributed by atoms with Crippen LogP contribution in [0, 0.1) is 0 Å². The predicted octanol–water partition coefficient (Wildman–Crippen LogP) is 4.26. The van der Waals surface area contributed by atoms with Gasteiger partial charge in [0.25, 0.3) is 0 Å². The van der Waals surface area contributed by atoms with Gasteiger partial charge >= 0.3 is 5.97 Å². The van der Waals surface area contributed by atoms with Crippen molar-refractivity contribution in [2.24, 2.45) is 5.16 Å². The number of hydrogen-bond acceptors (Lipinski definition) is 6. The molecule has 134 valence electrons. The molecule has 2 aromatic rings. The summed E-state index contributed by atoms with van der Waals surface area (Å²) < 4.78 is 10.8. The lowest BCUT2D eigenvalue weighted by atomic mass is 10.1. The molecule has 0 radical (unpaired) electrons. The fraction of sp³-hybridized carbons (Fsp3) is 0.368. The number of benzene rings is 1. The van der Waals surface area contributed by atoms with Crippen molar-refractivity contribution in [3.63, 3.8) is 0 Å². The van der Waals surface area contributed by atoms with Gasteiger partial charge in [0.05, 0.1) is 11.5 Å². The number of rotatable bonds is 8. The van der Waals surface area contributed by atoms with Gasteiger partial charge in [0.15, 0.2) is 5.60 Å². The number of ether oxygens (including phenoxy) is 2. The third-order valence-corrected chi connectivity index (χ3v) is 4.18. The monoisotopic (exact) mass is 361 g/mol. The Labute approximate surface area is 152 Å². The minimum atomic E-state index is -1.05. The van der Waals surface area contributed by atoms with Crippen molar-refractivity contribution < 1.29 is 19.1 Å². The quantitative estimate of drug-likeness (QED) is 0.400. The number of thiophene rings is 1. The zero-order chi connectivity index (χ0) is 18.3. The first-order valence-corrected chi connectivity index (χ1v) is 9.06. The van der Waals surface area contributed by atoms with E-state index in [1.807, 2.05) is 48.7 Å². The van der Waals surface area contributed by atoms with Gasteiger partial charge < -0.3 is 14.3 Å². The summed E-state index contributed by atoms with van der Waals surface area (Å²) in [4.78, 5) is 18.2. The summed E-state index contributed by atoms with van der Waals surface area (Å²) in [6.45, 7) is 7.86. The van der Waals surface area contributed by atoms with Crippen LogP contribution in [0.15, 0.2) is 46.9 Å². The van der Waals surface area contributed by atoms with E-state index in [4.69, 9.17) is 14.3 Å². The maximum absolute atomic E-state index is 11.9. The largest absolute Gasteiger partial charge is 0.476 e. The molecule has 1 heterocycles. The molecule has 0 saturated heterocycles. The van der Waals surface area contributed by atoms with Crippen LogP contribution < -0.4 is 4.74 Å². The van der Waals surface area contributed by atoms with E-state index in [0.717, 1.165) is 16.2 Å². The summed E-state index contributed by atoms with van der Waals surface area (Å²) in [5, 5.41) is 6.22. The van der Waals surface area contributed by atoms with Crippen molar-refractivity contribution in [1.82, 2.24) is 0 Å². The van der Waals surface area contributed by atoms with Crippen molar-refractivity contribution >= 4 is 23.0 Å². The summed E-state index contributed by atoms with van der Waals surface area (Å²) in [5.41, 5.74) is 0.637. The molecular weight excluding hydrogens is 338 g/mol. The van der Waals surface area contributed by atoms with Gasteiger partial charge in [0.2, 0.25) is 0 Å². The normalized spacial score (nSPS) is 11.9. The van der Waals surface area contributed by atoms with Crippen LogP contribution in [0.3, 0.4) is 0 Å². The van der Waals surface area contributed by atoms with Gasteiger partial charge in [-0.2, -0.15) is 0 Å². The second kappa shape index (κ2) is 8.67. The highest BCUT2D eigenvalue weighted by Gasteiger charge is 2.31. The van der Waals surface area contributed by atoms with Gasteiger partial charge in [0, 0.05) is 5.56 Å². The number of esters is 1. The van der Waals surface area contributed by atoms with E-state index in [2.05, 4.69) is 5.16 Å². The zero-order valence-electron chi connectivity index (χ0n) is 14.9. The van der Waals surface area contributed by atoms with Crippen LogP contribution in [-0.2, 0) is 14.4 Å². The predicted molar refractivity (Wildman–Crippen MR) is 99.4 cm³/mol. The van der Waals surface area contributed by atoms with Crippen LogP contribution in [0.1, 0.15) is 38.1 Å². The molecule has 0 aliphatic heterocycles. The molecule has 0 fully saturated rings. The van der Waals surface area contributed by atoms with Crippen LogP contribution in [-0.4, -0.2) is 30.5 Å². The molecule has 0 amide bonds. The van der Waals surface area contributed by atoms with E-state index in [9.17, 15) is 4.79 Å². The molecule has 1 aromatic carbocycles. The lowest BCUT2D eigenvalue weighted by Gasteiger charge is -2.24. The molecule has 0 bridgehead atoms. The number of carbonyl (C=O) groups is 1. The van der Waals surface area contributed by atoms with Gasteiger partial charge in [-0.25, -0.2) is 4.79 Å². The van der Waals surface area contributed by atoms with Crippen molar-refractivity contribution in [1.29, 1.82) is 0 Å². The smallest absolute Gasteiger partial charge is 0.349 e. The summed E-state index contributed by atoms with van der Waals surface area (Å²) >= 11 is 1.60. The molecule has 0 spiro atoms. The van der Waals surface area contributed by atoms with Crippen molar-refractivity contribution in [3.05, 3.63) is 52.2 Å². The van der Waals surface area contributed by atoms with Crippen molar-refractivity contribution in [2.75, 3.05) is 13.2 Å². The fourth-order valence-corrected chi connectivity index (χ4v) is 2.83. The molecule has 0 aliphatic rings. The standard InChI is InChI=1S/C19H23NO4S/c1-5-22-18(21)19(3,4)24-15-11-9-14(10-12-15)17(20-23-6-2)16-8-7-13-25-16/h7-13H,5-6H2,1-4H3. The molecule has 0 aliphatic carbocycles. The Morgan fingerprint density at radius 1 is 1.12 bits per heavy atom. The average molecular weight is 361 g/mol. The van der Waals surface area contributed by atoms with E-state index in [1.54, 1.807) is 32.1 Å². The molecule has 0 N–H and O–H groups in total. The first-order chi connectivity index (χ1) is 12.0. The molecule has 1 aromatic heterocycles. The molecule has 5 nitrogen and oxygen atoms in total. The highest BCUT2D eigenvalue weighted by atomic mass is 32.1.